The van der Waals surface area contributed by atoms with E-state index in [2.05, 4.69) is 17.6 Å². The number of unbranched alkanes of at least 4 members (excludes halogenated alkanes) is 3. The maximum Gasteiger partial charge on any atom is 0.257 e. The molecule has 2 N–H and O–H groups in total. The molecule has 0 heterocycles. The number of para-hydroxylation sites is 1. The normalized spacial score (nSPS) is 10.2. The van der Waals surface area contributed by atoms with Gasteiger partial charge in [-0.2, -0.15) is 0 Å². The Morgan fingerprint density at radius 2 is 1.81 bits per heavy atom. The molecule has 0 saturated carbocycles. The van der Waals surface area contributed by atoms with Gasteiger partial charge in [0.25, 0.3) is 5.91 Å². The molecule has 0 spiro atoms. The Morgan fingerprint density at radius 1 is 1.08 bits per heavy atom. The highest BCUT2D eigenvalue weighted by Crippen LogP contribution is 2.20. The van der Waals surface area contributed by atoms with E-state index in [0.717, 1.165) is 12.2 Å². The van der Waals surface area contributed by atoms with E-state index >= 15 is 0 Å². The molecule has 0 atom stereocenters. The Bertz CT molecular complexity index is 735. The molecule has 138 valence electrons. The van der Waals surface area contributed by atoms with E-state index in [4.69, 9.17) is 28.6 Å². The molecule has 0 aliphatic heterocycles. The maximum absolute atomic E-state index is 12.3. The van der Waals surface area contributed by atoms with E-state index in [1.54, 1.807) is 36.4 Å². The fraction of sp³-hybridized carbons (Fsp3) is 0.300. The van der Waals surface area contributed by atoms with Crippen LogP contribution in [-0.4, -0.2) is 17.6 Å². The Labute approximate surface area is 164 Å². The number of nitrogens with one attached hydrogen (secondary N) is 2. The highest BCUT2D eigenvalue weighted by atomic mass is 35.5. The fourth-order valence-electron chi connectivity index (χ4n) is 2.31. The molecule has 0 radical (unpaired) electrons. The first kappa shape index (κ1) is 20.2. The highest BCUT2D eigenvalue weighted by Gasteiger charge is 2.09. The summed E-state index contributed by atoms with van der Waals surface area (Å²) in [4.78, 5) is 12.3. The molecule has 0 aromatic heterocycles. The Balaban J connectivity index is 1.81. The van der Waals surface area contributed by atoms with Gasteiger partial charge in [-0.1, -0.05) is 49.9 Å². The second kappa shape index (κ2) is 10.8. The van der Waals surface area contributed by atoms with E-state index in [1.165, 1.54) is 19.3 Å². The minimum absolute atomic E-state index is 0.194. The van der Waals surface area contributed by atoms with E-state index < -0.39 is 0 Å². The highest BCUT2D eigenvalue weighted by molar-refractivity contribution is 7.80. The quantitative estimate of drug-likeness (QED) is 0.466. The van der Waals surface area contributed by atoms with Gasteiger partial charge in [0.15, 0.2) is 5.11 Å². The molecule has 0 aliphatic carbocycles. The molecule has 2 rings (SSSR count). The van der Waals surface area contributed by atoms with Crippen molar-refractivity contribution >= 4 is 40.5 Å². The number of halogens is 1. The number of benzene rings is 2. The molecular weight excluding hydrogens is 368 g/mol. The molecule has 0 saturated heterocycles. The van der Waals surface area contributed by atoms with Crippen molar-refractivity contribution in [3.63, 3.8) is 0 Å². The Kier molecular flexibility index (Phi) is 8.38. The molecular formula is C20H23ClN2O2S. The summed E-state index contributed by atoms with van der Waals surface area (Å²) in [6.45, 7) is 2.87. The summed E-state index contributed by atoms with van der Waals surface area (Å²) < 4.78 is 5.68. The van der Waals surface area contributed by atoms with E-state index in [0.29, 0.717) is 22.9 Å². The molecule has 6 heteroatoms. The number of hydrogen-bond donors (Lipinski definition) is 2. The molecule has 26 heavy (non-hydrogen) atoms. The topological polar surface area (TPSA) is 50.4 Å². The first-order chi connectivity index (χ1) is 12.6. The third-order valence-corrected chi connectivity index (χ3v) is 4.27. The average Bonchev–Trinajstić information content (AvgIpc) is 2.64. The number of rotatable bonds is 8. The molecule has 0 fully saturated rings. The van der Waals surface area contributed by atoms with E-state index in [9.17, 15) is 4.79 Å². The zero-order chi connectivity index (χ0) is 18.8. The second-order valence-corrected chi connectivity index (χ2v) is 6.64. The van der Waals surface area contributed by atoms with Crippen LogP contribution in [0.4, 0.5) is 5.69 Å². The van der Waals surface area contributed by atoms with Gasteiger partial charge in [-0.05, 0) is 55.0 Å². The monoisotopic (exact) mass is 390 g/mol. The third-order valence-electron chi connectivity index (χ3n) is 3.73. The number of ether oxygens (including phenoxy) is 1. The van der Waals surface area contributed by atoms with Crippen LogP contribution < -0.4 is 15.4 Å². The van der Waals surface area contributed by atoms with Crippen LogP contribution in [0.25, 0.3) is 0 Å². The summed E-state index contributed by atoms with van der Waals surface area (Å²) >= 11 is 11.2. The van der Waals surface area contributed by atoms with Crippen molar-refractivity contribution in [2.45, 2.75) is 32.6 Å². The zero-order valence-corrected chi connectivity index (χ0v) is 16.3. The Morgan fingerprint density at radius 3 is 2.50 bits per heavy atom. The summed E-state index contributed by atoms with van der Waals surface area (Å²) in [7, 11) is 0. The van der Waals surface area contributed by atoms with Crippen molar-refractivity contribution in [2.24, 2.45) is 0 Å². The summed E-state index contributed by atoms with van der Waals surface area (Å²) in [5, 5.41) is 6.28. The largest absolute Gasteiger partial charge is 0.494 e. The SMILES string of the molecule is CCCCCCOc1ccc(C(=O)NC(=S)Nc2ccccc2Cl)cc1. The number of carbonyl (C=O) groups excluding carboxylic acids is 1. The lowest BCUT2D eigenvalue weighted by atomic mass is 10.2. The predicted octanol–water partition coefficient (Wildman–Crippen LogP) is 5.43. The summed E-state index contributed by atoms with van der Waals surface area (Å²) in [6, 6.07) is 14.2. The van der Waals surface area contributed by atoms with Crippen molar-refractivity contribution in [2.75, 3.05) is 11.9 Å². The van der Waals surface area contributed by atoms with Gasteiger partial charge in [-0.25, -0.2) is 0 Å². The first-order valence-corrected chi connectivity index (χ1v) is 9.48. The number of amides is 1. The minimum atomic E-state index is -0.288. The van der Waals surface area contributed by atoms with Gasteiger partial charge in [0.05, 0.1) is 17.3 Å². The van der Waals surface area contributed by atoms with Crippen molar-refractivity contribution < 1.29 is 9.53 Å². The Hall–Kier alpha value is -2.11. The summed E-state index contributed by atoms with van der Waals surface area (Å²) in [5.74, 6) is 0.471. The van der Waals surface area contributed by atoms with Crippen LogP contribution in [0.2, 0.25) is 5.02 Å². The smallest absolute Gasteiger partial charge is 0.257 e. The van der Waals surface area contributed by atoms with Gasteiger partial charge < -0.3 is 10.1 Å². The van der Waals surface area contributed by atoms with Crippen LogP contribution in [0.5, 0.6) is 5.75 Å². The number of thiocarbonyl (C=S) groups is 1. The molecule has 2 aromatic rings. The van der Waals surface area contributed by atoms with Gasteiger partial charge in [0.1, 0.15) is 5.75 Å². The van der Waals surface area contributed by atoms with Gasteiger partial charge in [-0.15, -0.1) is 0 Å². The summed E-state index contributed by atoms with van der Waals surface area (Å²) in [6.07, 6.45) is 4.65. The van der Waals surface area contributed by atoms with Gasteiger partial charge in [-0.3, -0.25) is 10.1 Å². The standard InChI is InChI=1S/C20H23ClN2O2S/c1-2-3-4-7-14-25-16-12-10-15(11-13-16)19(24)23-20(26)22-18-9-6-5-8-17(18)21/h5-6,8-13H,2-4,7,14H2,1H3,(H2,22,23,24,26). The lowest BCUT2D eigenvalue weighted by Crippen LogP contribution is -2.34. The lowest BCUT2D eigenvalue weighted by molar-refractivity contribution is 0.0977. The van der Waals surface area contributed by atoms with Gasteiger partial charge in [0, 0.05) is 5.56 Å². The molecule has 0 aliphatic rings. The van der Waals surface area contributed by atoms with Crippen molar-refractivity contribution in [1.29, 1.82) is 0 Å². The molecule has 1 amide bonds. The van der Waals surface area contributed by atoms with Gasteiger partial charge in [0.2, 0.25) is 0 Å². The molecule has 2 aromatic carbocycles. The predicted molar refractivity (Wildman–Crippen MR) is 111 cm³/mol. The van der Waals surface area contributed by atoms with Crippen LogP contribution in [0.1, 0.15) is 43.0 Å². The van der Waals surface area contributed by atoms with Crippen molar-refractivity contribution in [3.8, 4) is 5.75 Å². The summed E-state index contributed by atoms with van der Waals surface area (Å²) in [5.41, 5.74) is 1.15. The third kappa shape index (κ3) is 6.65. The van der Waals surface area contributed by atoms with Crippen molar-refractivity contribution in [1.82, 2.24) is 5.32 Å². The van der Waals surface area contributed by atoms with Crippen LogP contribution in [0, 0.1) is 0 Å². The number of carbonyl (C=O) groups is 1. The van der Waals surface area contributed by atoms with Crippen LogP contribution in [-0.2, 0) is 0 Å². The zero-order valence-electron chi connectivity index (χ0n) is 14.8. The van der Waals surface area contributed by atoms with Gasteiger partial charge >= 0.3 is 0 Å². The molecule has 0 unspecified atom stereocenters. The minimum Gasteiger partial charge on any atom is -0.494 e. The number of hydrogen-bond acceptors (Lipinski definition) is 3. The fourth-order valence-corrected chi connectivity index (χ4v) is 2.70. The van der Waals surface area contributed by atoms with Crippen LogP contribution in [0.3, 0.4) is 0 Å². The first-order valence-electron chi connectivity index (χ1n) is 8.70. The number of anilines is 1. The van der Waals surface area contributed by atoms with Crippen molar-refractivity contribution in [3.05, 3.63) is 59.1 Å². The average molecular weight is 391 g/mol. The van der Waals surface area contributed by atoms with E-state index in [-0.39, 0.29) is 11.0 Å². The maximum atomic E-state index is 12.3. The lowest BCUT2D eigenvalue weighted by Gasteiger charge is -2.11. The van der Waals surface area contributed by atoms with Crippen LogP contribution in [0.15, 0.2) is 48.5 Å². The van der Waals surface area contributed by atoms with E-state index in [1.807, 2.05) is 12.1 Å². The second-order valence-electron chi connectivity index (χ2n) is 5.82. The van der Waals surface area contributed by atoms with Crippen LogP contribution >= 0.6 is 23.8 Å². The molecule has 0 bridgehead atoms. The molecule has 4 nitrogen and oxygen atoms in total.